The maximum absolute atomic E-state index is 13.4. The number of aromatic amines is 1. The molecule has 0 bridgehead atoms. The summed E-state index contributed by atoms with van der Waals surface area (Å²) in [6.45, 7) is 15.5. The summed E-state index contributed by atoms with van der Waals surface area (Å²) in [5.74, 6) is -0.113. The zero-order valence-electron chi connectivity index (χ0n) is 22.3. The summed E-state index contributed by atoms with van der Waals surface area (Å²) in [5.41, 5.74) is 1.72. The number of rotatable bonds is 6. The molecule has 196 valence electrons. The van der Waals surface area contributed by atoms with Crippen molar-refractivity contribution in [2.45, 2.75) is 73.0 Å². The van der Waals surface area contributed by atoms with E-state index in [4.69, 9.17) is 9.31 Å². The monoisotopic (exact) mass is 519 g/mol. The van der Waals surface area contributed by atoms with Gasteiger partial charge in [0.15, 0.2) is 12.1 Å². The summed E-state index contributed by atoms with van der Waals surface area (Å²) in [4.78, 5) is 18.3. The highest BCUT2D eigenvalue weighted by Crippen LogP contribution is 2.36. The van der Waals surface area contributed by atoms with E-state index in [-0.39, 0.29) is 5.56 Å². The first-order valence-electron chi connectivity index (χ1n) is 12.1. The van der Waals surface area contributed by atoms with Gasteiger partial charge in [-0.2, -0.15) is 0 Å². The number of nitrogens with one attached hydrogen (secondary N) is 2. The average molecular weight is 519 g/mol. The number of nitrogens with zero attached hydrogens (tertiary/aromatic N) is 1. The molecule has 6 nitrogen and oxygen atoms in total. The van der Waals surface area contributed by atoms with E-state index in [1.807, 2.05) is 54.5 Å². The Labute approximate surface area is 217 Å². The molecule has 3 aromatic rings. The van der Waals surface area contributed by atoms with E-state index in [0.29, 0.717) is 16.9 Å². The number of H-pyrrole nitrogens is 1. The molecule has 0 spiro atoms. The van der Waals surface area contributed by atoms with E-state index in [1.54, 1.807) is 12.4 Å². The Bertz CT molecular complexity index is 1150. The van der Waals surface area contributed by atoms with Gasteiger partial charge in [-0.05, 0) is 59.2 Å². The lowest BCUT2D eigenvalue weighted by molar-refractivity contribution is 0.00578. The van der Waals surface area contributed by atoms with Gasteiger partial charge in [0.05, 0.1) is 16.9 Å². The van der Waals surface area contributed by atoms with Crippen molar-refractivity contribution in [3.05, 3.63) is 53.4 Å². The maximum atomic E-state index is 13.4. The summed E-state index contributed by atoms with van der Waals surface area (Å²) in [6, 6.07) is 4.58. The van der Waals surface area contributed by atoms with Gasteiger partial charge in [-0.3, -0.25) is 4.79 Å². The van der Waals surface area contributed by atoms with Crippen molar-refractivity contribution >= 4 is 47.5 Å². The molecule has 4 rings (SSSR count). The van der Waals surface area contributed by atoms with Crippen LogP contribution in [0.25, 0.3) is 11.0 Å². The van der Waals surface area contributed by atoms with Crippen molar-refractivity contribution in [3.63, 3.8) is 0 Å². The molecule has 0 atom stereocenters. The molecule has 1 saturated heterocycles. The molecule has 1 aliphatic rings. The predicted octanol–water partition coefficient (Wildman–Crippen LogP) is 6.44. The van der Waals surface area contributed by atoms with Crippen molar-refractivity contribution < 1.29 is 22.9 Å². The number of aromatic nitrogens is 2. The first kappa shape index (κ1) is 29.8. The van der Waals surface area contributed by atoms with Crippen LogP contribution in [0.3, 0.4) is 0 Å². The Hall–Kier alpha value is -2.43. The van der Waals surface area contributed by atoms with E-state index in [2.05, 4.69) is 14.7 Å². The fourth-order valence-corrected chi connectivity index (χ4v) is 3.84. The van der Waals surface area contributed by atoms with Gasteiger partial charge in [-0.25, -0.2) is 13.8 Å². The molecule has 2 N–H and O–H groups in total. The Balaban J connectivity index is 0.000000252. The van der Waals surface area contributed by atoms with Crippen molar-refractivity contribution in [3.8, 4) is 0 Å². The molecule has 0 radical (unpaired) electrons. The van der Waals surface area contributed by atoms with E-state index in [9.17, 15) is 13.6 Å². The van der Waals surface area contributed by atoms with Gasteiger partial charge in [0.25, 0.3) is 0 Å². The van der Waals surface area contributed by atoms with Crippen molar-refractivity contribution in [1.29, 1.82) is 0 Å². The second kappa shape index (κ2) is 12.7. The van der Waals surface area contributed by atoms with Crippen LogP contribution >= 0.6 is 11.9 Å². The quantitative estimate of drug-likeness (QED) is 0.169. The van der Waals surface area contributed by atoms with Gasteiger partial charge >= 0.3 is 7.12 Å². The van der Waals surface area contributed by atoms with Crippen LogP contribution in [0.2, 0.25) is 0 Å². The first-order valence-corrected chi connectivity index (χ1v) is 13.1. The molecule has 3 heterocycles. The number of aldehydes is 1. The second-order valence-corrected chi connectivity index (χ2v) is 10.0. The van der Waals surface area contributed by atoms with E-state index in [1.165, 1.54) is 31.0 Å². The van der Waals surface area contributed by atoms with Gasteiger partial charge in [-0.15, -0.1) is 0 Å². The standard InChI is InChI=1S/C14H17BN2O3.C10H13F2NS.C2H6/c1-13(2)14(3,4)20-15(19-13)10-5-11-9(8-18)6-16-12(11)17-7-10;1-3-6-14-13-9-5-4-8(11)7(2)10(9)12;1-2/h5-8H,1-4H3,(H,16,17);4-5,13H,3,6H2,1-2H3;1-2H3. The molecule has 1 aromatic carbocycles. The number of carbonyl (C=O) groups excluding carboxylic acids is 1. The van der Waals surface area contributed by atoms with Gasteiger partial charge in [-0.1, -0.05) is 32.7 Å². The number of anilines is 1. The van der Waals surface area contributed by atoms with Crippen LogP contribution in [0.1, 0.15) is 70.8 Å². The molecule has 0 unspecified atom stereocenters. The number of hydrogen-bond acceptors (Lipinski definition) is 6. The molecule has 0 saturated carbocycles. The molecular formula is C26H36BF2N3O3S. The number of hydrogen-bond donors (Lipinski definition) is 2. The number of benzene rings is 1. The van der Waals surface area contributed by atoms with E-state index < -0.39 is 30.0 Å². The van der Waals surface area contributed by atoms with Gasteiger partial charge < -0.3 is 19.0 Å². The Morgan fingerprint density at radius 2 is 1.81 bits per heavy atom. The maximum Gasteiger partial charge on any atom is 0.496 e. The predicted molar refractivity (Wildman–Crippen MR) is 146 cm³/mol. The smallest absolute Gasteiger partial charge is 0.399 e. The van der Waals surface area contributed by atoms with Crippen molar-refractivity contribution in [1.82, 2.24) is 9.97 Å². The SMILES string of the molecule is CC.CC1(C)OB(c2cnc3[nH]cc(C=O)c3c2)OC1(C)C.CCCSNc1ccc(F)c(C)c1F. The van der Waals surface area contributed by atoms with Crippen LogP contribution in [-0.2, 0) is 9.31 Å². The minimum absolute atomic E-state index is 0.0621. The summed E-state index contributed by atoms with van der Waals surface area (Å²) >= 11 is 1.42. The lowest BCUT2D eigenvalue weighted by Gasteiger charge is -2.32. The van der Waals surface area contributed by atoms with E-state index in [0.717, 1.165) is 29.3 Å². The average Bonchev–Trinajstić information content (AvgIpc) is 3.36. The van der Waals surface area contributed by atoms with Crippen molar-refractivity contribution in [2.75, 3.05) is 10.5 Å². The van der Waals surface area contributed by atoms with Crippen LogP contribution < -0.4 is 10.2 Å². The van der Waals surface area contributed by atoms with Gasteiger partial charge in [0.1, 0.15) is 11.5 Å². The lowest BCUT2D eigenvalue weighted by Crippen LogP contribution is -2.41. The highest BCUT2D eigenvalue weighted by Gasteiger charge is 2.51. The molecule has 2 aromatic heterocycles. The Kier molecular flexibility index (Phi) is 10.5. The molecule has 10 heteroatoms. The van der Waals surface area contributed by atoms with E-state index >= 15 is 0 Å². The number of carbonyl (C=O) groups is 1. The highest BCUT2D eigenvalue weighted by molar-refractivity contribution is 8.00. The first-order chi connectivity index (χ1) is 17.0. The number of fused-ring (bicyclic) bond motifs is 1. The summed E-state index contributed by atoms with van der Waals surface area (Å²) in [6.07, 6.45) is 5.20. The summed E-state index contributed by atoms with van der Waals surface area (Å²) < 4.78 is 41.1. The fraction of sp³-hybridized carbons (Fsp3) is 0.462. The summed E-state index contributed by atoms with van der Waals surface area (Å²) in [5, 5.41) is 0.784. The Morgan fingerprint density at radius 1 is 1.17 bits per heavy atom. The zero-order valence-corrected chi connectivity index (χ0v) is 23.1. The minimum Gasteiger partial charge on any atom is -0.399 e. The third-order valence-corrected chi connectivity index (χ3v) is 7.02. The molecule has 1 aliphatic heterocycles. The Morgan fingerprint density at radius 3 is 2.39 bits per heavy atom. The molecule has 0 aliphatic carbocycles. The zero-order chi connectivity index (χ0) is 27.1. The fourth-order valence-electron chi connectivity index (χ4n) is 3.22. The van der Waals surface area contributed by atoms with Crippen LogP contribution in [0, 0.1) is 18.6 Å². The molecule has 0 amide bonds. The third-order valence-electron chi connectivity index (χ3n) is 6.05. The molecule has 36 heavy (non-hydrogen) atoms. The largest absolute Gasteiger partial charge is 0.496 e. The van der Waals surface area contributed by atoms with Gasteiger partial charge in [0.2, 0.25) is 0 Å². The number of pyridine rings is 1. The van der Waals surface area contributed by atoms with Crippen LogP contribution in [-0.4, -0.2) is 40.3 Å². The normalized spacial score (nSPS) is 15.6. The van der Waals surface area contributed by atoms with Crippen LogP contribution in [0.15, 0.2) is 30.6 Å². The topological polar surface area (TPSA) is 76.2 Å². The minimum atomic E-state index is -0.506. The van der Waals surface area contributed by atoms with Crippen molar-refractivity contribution in [2.24, 2.45) is 0 Å². The second-order valence-electron chi connectivity index (χ2n) is 9.10. The number of halogens is 2. The third kappa shape index (κ3) is 6.66. The van der Waals surface area contributed by atoms with Gasteiger partial charge in [0, 0.05) is 40.1 Å². The lowest BCUT2D eigenvalue weighted by atomic mass is 9.80. The highest BCUT2D eigenvalue weighted by atomic mass is 32.2. The summed E-state index contributed by atoms with van der Waals surface area (Å²) in [7, 11) is -0.466. The molecular weight excluding hydrogens is 483 g/mol. The van der Waals surface area contributed by atoms with Crippen LogP contribution in [0.5, 0.6) is 0 Å². The van der Waals surface area contributed by atoms with Crippen LogP contribution in [0.4, 0.5) is 14.5 Å². The molecule has 1 fully saturated rings.